The number of rotatable bonds is 6. The van der Waals surface area contributed by atoms with Gasteiger partial charge in [0.25, 0.3) is 5.91 Å². The molecule has 0 saturated heterocycles. The zero-order chi connectivity index (χ0) is 18.6. The van der Waals surface area contributed by atoms with Crippen molar-refractivity contribution in [1.82, 2.24) is 4.90 Å². The number of amides is 1. The summed E-state index contributed by atoms with van der Waals surface area (Å²) in [5.41, 5.74) is -0.0645. The van der Waals surface area contributed by atoms with Crippen LogP contribution in [0.5, 0.6) is 5.75 Å². The summed E-state index contributed by atoms with van der Waals surface area (Å²) in [6.07, 6.45) is 0. The number of para-hydroxylation sites is 1. The van der Waals surface area contributed by atoms with Gasteiger partial charge in [0, 0.05) is 6.54 Å². The number of aliphatic hydroxyl groups excluding tert-OH is 1. The second kappa shape index (κ2) is 7.67. The SMILES string of the molecule is COC(=O)C1=C(Nc2cccc(C(=O)OC)c2O)C(=O)N(CCO)C1. The van der Waals surface area contributed by atoms with Crippen molar-refractivity contribution in [1.29, 1.82) is 0 Å². The monoisotopic (exact) mass is 350 g/mol. The standard InChI is InChI=1S/C16H18N2O7/c1-24-15(22)9-4-3-5-11(13(9)20)17-12-10(16(23)25-2)8-18(6-7-19)14(12)21/h3-5,17,19-20H,6-8H2,1-2H3. The summed E-state index contributed by atoms with van der Waals surface area (Å²) in [6.45, 7) is -0.263. The molecule has 0 saturated carbocycles. The number of benzene rings is 1. The van der Waals surface area contributed by atoms with E-state index >= 15 is 0 Å². The van der Waals surface area contributed by atoms with Crippen molar-refractivity contribution in [3.05, 3.63) is 35.0 Å². The molecule has 1 aliphatic rings. The second-order valence-electron chi connectivity index (χ2n) is 5.11. The maximum absolute atomic E-state index is 12.4. The van der Waals surface area contributed by atoms with Crippen LogP contribution in [-0.2, 0) is 19.1 Å². The number of carbonyl (C=O) groups is 3. The minimum atomic E-state index is -0.747. The first-order valence-electron chi connectivity index (χ1n) is 7.33. The minimum absolute atomic E-state index is 0.0359. The van der Waals surface area contributed by atoms with E-state index < -0.39 is 23.6 Å². The van der Waals surface area contributed by atoms with Gasteiger partial charge in [-0.15, -0.1) is 0 Å². The highest BCUT2D eigenvalue weighted by Gasteiger charge is 2.35. The number of phenolic OH excluding ortho intramolecular Hbond substituents is 1. The van der Waals surface area contributed by atoms with Crippen molar-refractivity contribution >= 4 is 23.5 Å². The predicted octanol–water partition coefficient (Wildman–Crippen LogP) is -0.148. The zero-order valence-corrected chi connectivity index (χ0v) is 13.7. The highest BCUT2D eigenvalue weighted by molar-refractivity contribution is 6.09. The summed E-state index contributed by atoms with van der Waals surface area (Å²) in [7, 11) is 2.36. The molecule has 1 aromatic carbocycles. The van der Waals surface area contributed by atoms with Gasteiger partial charge in [-0.1, -0.05) is 6.07 Å². The van der Waals surface area contributed by atoms with E-state index in [4.69, 9.17) is 5.11 Å². The fourth-order valence-corrected chi connectivity index (χ4v) is 2.40. The maximum atomic E-state index is 12.4. The molecule has 0 unspecified atom stereocenters. The molecule has 0 atom stereocenters. The third-order valence-corrected chi connectivity index (χ3v) is 3.65. The maximum Gasteiger partial charge on any atom is 0.341 e. The number of hydrogen-bond acceptors (Lipinski definition) is 8. The number of hydrogen-bond donors (Lipinski definition) is 3. The Hall–Kier alpha value is -3.07. The summed E-state index contributed by atoms with van der Waals surface area (Å²) in [5.74, 6) is -2.40. The van der Waals surface area contributed by atoms with Gasteiger partial charge in [-0.05, 0) is 12.1 Å². The van der Waals surface area contributed by atoms with Crippen molar-refractivity contribution in [3.63, 3.8) is 0 Å². The number of phenols is 1. The molecule has 9 heteroatoms. The number of methoxy groups -OCH3 is 2. The van der Waals surface area contributed by atoms with Crippen LogP contribution in [0.15, 0.2) is 29.5 Å². The average Bonchev–Trinajstić information content (AvgIpc) is 2.92. The smallest absolute Gasteiger partial charge is 0.341 e. The lowest BCUT2D eigenvalue weighted by atomic mass is 10.1. The van der Waals surface area contributed by atoms with E-state index in [0.29, 0.717) is 0 Å². The van der Waals surface area contributed by atoms with Gasteiger partial charge in [0.05, 0.1) is 38.6 Å². The highest BCUT2D eigenvalue weighted by atomic mass is 16.5. The van der Waals surface area contributed by atoms with Gasteiger partial charge < -0.3 is 29.9 Å². The molecule has 25 heavy (non-hydrogen) atoms. The van der Waals surface area contributed by atoms with Gasteiger partial charge in [-0.2, -0.15) is 0 Å². The second-order valence-corrected chi connectivity index (χ2v) is 5.11. The third kappa shape index (κ3) is 3.56. The topological polar surface area (TPSA) is 125 Å². The Labute approximate surface area is 143 Å². The zero-order valence-electron chi connectivity index (χ0n) is 13.7. The van der Waals surface area contributed by atoms with E-state index in [1.54, 1.807) is 0 Å². The molecule has 1 amide bonds. The van der Waals surface area contributed by atoms with E-state index in [1.807, 2.05) is 0 Å². The lowest BCUT2D eigenvalue weighted by molar-refractivity contribution is -0.136. The Bertz CT molecular complexity index is 742. The quantitative estimate of drug-likeness (QED) is 0.478. The van der Waals surface area contributed by atoms with Crippen molar-refractivity contribution in [2.24, 2.45) is 0 Å². The Morgan fingerprint density at radius 1 is 1.24 bits per heavy atom. The van der Waals surface area contributed by atoms with Crippen molar-refractivity contribution < 1.29 is 34.1 Å². The minimum Gasteiger partial charge on any atom is -0.505 e. The van der Waals surface area contributed by atoms with Crippen LogP contribution in [0.3, 0.4) is 0 Å². The molecule has 0 fully saturated rings. The number of nitrogens with one attached hydrogen (secondary N) is 1. The van der Waals surface area contributed by atoms with Crippen LogP contribution >= 0.6 is 0 Å². The Balaban J connectivity index is 2.40. The van der Waals surface area contributed by atoms with Crippen LogP contribution in [0.4, 0.5) is 5.69 Å². The summed E-state index contributed by atoms with van der Waals surface area (Å²) in [4.78, 5) is 37.3. The molecule has 0 bridgehead atoms. The van der Waals surface area contributed by atoms with Crippen LogP contribution in [0.25, 0.3) is 0 Å². The summed E-state index contributed by atoms with van der Waals surface area (Å²) < 4.78 is 9.24. The number of aliphatic hydroxyl groups is 1. The summed E-state index contributed by atoms with van der Waals surface area (Å²) in [5, 5.41) is 21.9. The largest absolute Gasteiger partial charge is 0.505 e. The van der Waals surface area contributed by atoms with Gasteiger partial charge in [-0.3, -0.25) is 4.79 Å². The van der Waals surface area contributed by atoms with Crippen LogP contribution < -0.4 is 5.32 Å². The Morgan fingerprint density at radius 3 is 2.52 bits per heavy atom. The molecule has 1 heterocycles. The van der Waals surface area contributed by atoms with Crippen molar-refractivity contribution in [2.45, 2.75) is 0 Å². The normalized spacial score (nSPS) is 13.9. The van der Waals surface area contributed by atoms with E-state index in [1.165, 1.54) is 37.3 Å². The number of nitrogens with zero attached hydrogens (tertiary/aromatic N) is 1. The number of anilines is 1. The first-order valence-corrected chi connectivity index (χ1v) is 7.33. The van der Waals surface area contributed by atoms with E-state index in [9.17, 15) is 19.5 Å². The van der Waals surface area contributed by atoms with Crippen LogP contribution in [0, 0.1) is 0 Å². The number of ether oxygens (including phenoxy) is 2. The van der Waals surface area contributed by atoms with E-state index in [0.717, 1.165) is 0 Å². The predicted molar refractivity (Wildman–Crippen MR) is 85.8 cm³/mol. The van der Waals surface area contributed by atoms with Crippen molar-refractivity contribution in [2.75, 3.05) is 39.2 Å². The molecule has 3 N–H and O–H groups in total. The van der Waals surface area contributed by atoms with Gasteiger partial charge in [0.2, 0.25) is 0 Å². The van der Waals surface area contributed by atoms with Crippen LogP contribution in [-0.4, -0.2) is 66.9 Å². The molecular formula is C16H18N2O7. The molecular weight excluding hydrogens is 332 g/mol. The molecule has 134 valence electrons. The highest BCUT2D eigenvalue weighted by Crippen LogP contribution is 2.31. The van der Waals surface area contributed by atoms with Gasteiger partial charge in [0.1, 0.15) is 11.3 Å². The van der Waals surface area contributed by atoms with Crippen molar-refractivity contribution in [3.8, 4) is 5.75 Å². The third-order valence-electron chi connectivity index (χ3n) is 3.65. The molecule has 0 spiro atoms. The number of β-amino-alcohol motifs (C(OH)–C–C–N with tert-alkyl or cyclic N) is 1. The number of carbonyl (C=O) groups excluding carboxylic acids is 3. The van der Waals surface area contributed by atoms with Crippen LogP contribution in [0.1, 0.15) is 10.4 Å². The molecule has 9 nitrogen and oxygen atoms in total. The number of aromatic hydroxyl groups is 1. The molecule has 0 aromatic heterocycles. The Kier molecular flexibility index (Phi) is 5.60. The molecule has 0 aliphatic carbocycles. The van der Waals surface area contributed by atoms with E-state index in [2.05, 4.69) is 14.8 Å². The first-order chi connectivity index (χ1) is 11.9. The fraction of sp³-hybridized carbons (Fsp3) is 0.312. The van der Waals surface area contributed by atoms with E-state index in [-0.39, 0.29) is 42.2 Å². The average molecular weight is 350 g/mol. The molecule has 0 radical (unpaired) electrons. The molecule has 1 aliphatic heterocycles. The lowest BCUT2D eigenvalue weighted by Crippen LogP contribution is -2.31. The summed E-state index contributed by atoms with van der Waals surface area (Å²) in [6, 6.07) is 4.28. The van der Waals surface area contributed by atoms with Gasteiger partial charge >= 0.3 is 11.9 Å². The molecule has 1 aromatic rings. The lowest BCUT2D eigenvalue weighted by Gasteiger charge is -2.15. The number of esters is 2. The van der Waals surface area contributed by atoms with Gasteiger partial charge in [0.15, 0.2) is 5.75 Å². The van der Waals surface area contributed by atoms with Gasteiger partial charge in [-0.25, -0.2) is 9.59 Å². The van der Waals surface area contributed by atoms with Crippen LogP contribution in [0.2, 0.25) is 0 Å². The fourth-order valence-electron chi connectivity index (χ4n) is 2.40. The summed E-state index contributed by atoms with van der Waals surface area (Å²) >= 11 is 0. The first kappa shape index (κ1) is 18.3. The molecule has 2 rings (SSSR count). The Morgan fingerprint density at radius 2 is 1.92 bits per heavy atom.